The van der Waals surface area contributed by atoms with Gasteiger partial charge in [-0.3, -0.25) is 4.79 Å². The molecule has 88 valence electrons. The first kappa shape index (κ1) is 12.3. The van der Waals surface area contributed by atoms with Crippen molar-refractivity contribution in [3.63, 3.8) is 0 Å². The quantitative estimate of drug-likeness (QED) is 0.779. The number of anilines is 1. The molecule has 0 saturated carbocycles. The van der Waals surface area contributed by atoms with E-state index >= 15 is 0 Å². The van der Waals surface area contributed by atoms with Crippen molar-refractivity contribution in [1.29, 1.82) is 0 Å². The Morgan fingerprint density at radius 1 is 1.50 bits per heavy atom. The van der Waals surface area contributed by atoms with E-state index in [1.54, 1.807) is 6.92 Å². The van der Waals surface area contributed by atoms with Crippen LogP contribution in [0.1, 0.15) is 6.92 Å². The summed E-state index contributed by atoms with van der Waals surface area (Å²) in [6, 6.07) is 4.28. The fourth-order valence-electron chi connectivity index (χ4n) is 1.16. The van der Waals surface area contributed by atoms with Crippen LogP contribution in [0.25, 0.3) is 0 Å². The Hall–Kier alpha value is -1.78. The maximum absolute atomic E-state index is 13.0. The van der Waals surface area contributed by atoms with Gasteiger partial charge in [0.1, 0.15) is 6.54 Å². The summed E-state index contributed by atoms with van der Waals surface area (Å²) in [4.78, 5) is 11.0. The van der Waals surface area contributed by atoms with Crippen molar-refractivity contribution < 1.29 is 18.7 Å². The van der Waals surface area contributed by atoms with Crippen molar-refractivity contribution in [2.75, 3.05) is 25.6 Å². The number of nitrogens with one attached hydrogen (secondary N) is 1. The van der Waals surface area contributed by atoms with Crippen LogP contribution in [0.4, 0.5) is 10.1 Å². The summed E-state index contributed by atoms with van der Waals surface area (Å²) in [5.74, 6) is -0.663. The Morgan fingerprint density at radius 2 is 2.25 bits per heavy atom. The number of hydrogen-bond donors (Lipinski definition) is 1. The minimum absolute atomic E-state index is 0.0443. The number of methoxy groups -OCH3 is 1. The second kappa shape index (κ2) is 5.95. The number of hydrogen-bond acceptors (Lipinski definition) is 4. The first-order valence-corrected chi connectivity index (χ1v) is 4.90. The molecular formula is C11H14FNO3. The molecule has 0 radical (unpaired) electrons. The molecule has 0 aliphatic rings. The summed E-state index contributed by atoms with van der Waals surface area (Å²) in [6.07, 6.45) is 0. The Balaban J connectivity index is 2.57. The van der Waals surface area contributed by atoms with Gasteiger partial charge in [0, 0.05) is 11.8 Å². The van der Waals surface area contributed by atoms with Crippen molar-refractivity contribution in [2.24, 2.45) is 0 Å². The first-order chi connectivity index (χ1) is 7.67. The smallest absolute Gasteiger partial charge is 0.325 e. The Morgan fingerprint density at radius 3 is 2.88 bits per heavy atom. The van der Waals surface area contributed by atoms with Crippen LogP contribution >= 0.6 is 0 Å². The van der Waals surface area contributed by atoms with Crippen LogP contribution in [0.15, 0.2) is 18.2 Å². The van der Waals surface area contributed by atoms with E-state index < -0.39 is 5.82 Å². The standard InChI is InChI=1S/C11H14FNO3/c1-3-16-11(14)7-13-8-4-5-9(12)10(6-8)15-2/h4-6,13H,3,7H2,1-2H3. The molecule has 0 heterocycles. The van der Waals surface area contributed by atoms with Gasteiger partial charge in [0.25, 0.3) is 0 Å². The van der Waals surface area contributed by atoms with E-state index in [9.17, 15) is 9.18 Å². The minimum atomic E-state index is -0.441. The zero-order chi connectivity index (χ0) is 12.0. The summed E-state index contributed by atoms with van der Waals surface area (Å²) in [7, 11) is 1.38. The lowest BCUT2D eigenvalue weighted by Gasteiger charge is -2.08. The third-order valence-corrected chi connectivity index (χ3v) is 1.89. The van der Waals surface area contributed by atoms with E-state index in [1.165, 1.54) is 25.3 Å². The number of carbonyl (C=O) groups is 1. The van der Waals surface area contributed by atoms with Crippen LogP contribution in [0.2, 0.25) is 0 Å². The molecule has 0 amide bonds. The molecule has 0 unspecified atom stereocenters. The Labute approximate surface area is 93.4 Å². The predicted molar refractivity (Wildman–Crippen MR) is 58.1 cm³/mol. The lowest BCUT2D eigenvalue weighted by atomic mass is 10.3. The monoisotopic (exact) mass is 227 g/mol. The lowest BCUT2D eigenvalue weighted by molar-refractivity contribution is -0.140. The van der Waals surface area contributed by atoms with E-state index in [4.69, 9.17) is 9.47 Å². The highest BCUT2D eigenvalue weighted by Gasteiger charge is 2.05. The molecule has 0 fully saturated rings. The van der Waals surface area contributed by atoms with Crippen LogP contribution in [0, 0.1) is 5.82 Å². The van der Waals surface area contributed by atoms with Crippen LogP contribution in [-0.2, 0) is 9.53 Å². The summed E-state index contributed by atoms with van der Waals surface area (Å²) in [5, 5.41) is 2.81. The van der Waals surface area contributed by atoms with Crippen LogP contribution in [-0.4, -0.2) is 26.2 Å². The lowest BCUT2D eigenvalue weighted by Crippen LogP contribution is -2.16. The maximum atomic E-state index is 13.0. The van der Waals surface area contributed by atoms with Crippen LogP contribution in [0.5, 0.6) is 5.75 Å². The highest BCUT2D eigenvalue weighted by atomic mass is 19.1. The predicted octanol–water partition coefficient (Wildman–Crippen LogP) is 1.81. The molecule has 0 spiro atoms. The summed E-state index contributed by atoms with van der Waals surface area (Å²) >= 11 is 0. The molecule has 0 aromatic heterocycles. The van der Waals surface area contributed by atoms with Crippen molar-refractivity contribution in [3.05, 3.63) is 24.0 Å². The first-order valence-electron chi connectivity index (χ1n) is 4.90. The second-order valence-electron chi connectivity index (χ2n) is 3.01. The fraction of sp³-hybridized carbons (Fsp3) is 0.364. The van der Waals surface area contributed by atoms with Gasteiger partial charge in [-0.25, -0.2) is 4.39 Å². The second-order valence-corrected chi connectivity index (χ2v) is 3.01. The Bertz CT molecular complexity index is 368. The molecule has 4 nitrogen and oxygen atoms in total. The van der Waals surface area contributed by atoms with Crippen molar-refractivity contribution in [3.8, 4) is 5.75 Å². The highest BCUT2D eigenvalue weighted by Crippen LogP contribution is 2.21. The molecule has 0 aliphatic heterocycles. The van der Waals surface area contributed by atoms with Gasteiger partial charge >= 0.3 is 5.97 Å². The number of benzene rings is 1. The van der Waals surface area contributed by atoms with E-state index in [2.05, 4.69) is 5.32 Å². The molecule has 1 aromatic carbocycles. The van der Waals surface area contributed by atoms with Crippen molar-refractivity contribution in [2.45, 2.75) is 6.92 Å². The van der Waals surface area contributed by atoms with Gasteiger partial charge < -0.3 is 14.8 Å². The normalized spacial score (nSPS) is 9.69. The largest absolute Gasteiger partial charge is 0.494 e. The van der Waals surface area contributed by atoms with E-state index in [0.29, 0.717) is 12.3 Å². The number of carbonyl (C=O) groups excluding carboxylic acids is 1. The average molecular weight is 227 g/mol. The topological polar surface area (TPSA) is 47.6 Å². The van der Waals surface area contributed by atoms with E-state index in [1.807, 2.05) is 0 Å². The molecule has 0 aliphatic carbocycles. The molecule has 1 rings (SSSR count). The molecule has 0 saturated heterocycles. The molecular weight excluding hydrogens is 213 g/mol. The zero-order valence-corrected chi connectivity index (χ0v) is 9.25. The van der Waals surface area contributed by atoms with Gasteiger partial charge in [-0.05, 0) is 19.1 Å². The number of esters is 1. The molecule has 16 heavy (non-hydrogen) atoms. The van der Waals surface area contributed by atoms with Crippen LogP contribution in [0.3, 0.4) is 0 Å². The number of ether oxygens (including phenoxy) is 2. The molecule has 5 heteroatoms. The zero-order valence-electron chi connectivity index (χ0n) is 9.25. The third-order valence-electron chi connectivity index (χ3n) is 1.89. The number of halogens is 1. The minimum Gasteiger partial charge on any atom is -0.494 e. The van der Waals surface area contributed by atoms with Crippen LogP contribution < -0.4 is 10.1 Å². The number of rotatable bonds is 5. The maximum Gasteiger partial charge on any atom is 0.325 e. The molecule has 0 atom stereocenters. The van der Waals surface area contributed by atoms with Gasteiger partial charge in [-0.15, -0.1) is 0 Å². The van der Waals surface area contributed by atoms with Gasteiger partial charge in [-0.2, -0.15) is 0 Å². The summed E-state index contributed by atoms with van der Waals surface area (Å²) < 4.78 is 22.6. The Kier molecular flexibility index (Phi) is 4.57. The van der Waals surface area contributed by atoms with Crippen molar-refractivity contribution >= 4 is 11.7 Å². The molecule has 0 bridgehead atoms. The van der Waals surface area contributed by atoms with E-state index in [-0.39, 0.29) is 18.3 Å². The third kappa shape index (κ3) is 3.42. The molecule has 1 N–H and O–H groups in total. The molecule has 1 aromatic rings. The van der Waals surface area contributed by atoms with Gasteiger partial charge in [0.2, 0.25) is 0 Å². The van der Waals surface area contributed by atoms with Gasteiger partial charge in [-0.1, -0.05) is 0 Å². The van der Waals surface area contributed by atoms with Gasteiger partial charge in [0.15, 0.2) is 11.6 Å². The average Bonchev–Trinajstić information content (AvgIpc) is 2.28. The SMILES string of the molecule is CCOC(=O)CNc1ccc(F)c(OC)c1. The summed E-state index contributed by atoms with van der Waals surface area (Å²) in [6.45, 7) is 2.12. The fourth-order valence-corrected chi connectivity index (χ4v) is 1.16. The highest BCUT2D eigenvalue weighted by molar-refractivity contribution is 5.75. The summed E-state index contributed by atoms with van der Waals surface area (Å²) in [5.41, 5.74) is 0.603. The van der Waals surface area contributed by atoms with Gasteiger partial charge in [0.05, 0.1) is 13.7 Å². The van der Waals surface area contributed by atoms with E-state index in [0.717, 1.165) is 0 Å². The van der Waals surface area contributed by atoms with Crippen molar-refractivity contribution in [1.82, 2.24) is 0 Å².